The molecule has 0 nitrogen and oxygen atoms in total. The van der Waals surface area contributed by atoms with Crippen LogP contribution in [0.4, 0.5) is 0 Å². The zero-order valence-electron chi connectivity index (χ0n) is 24.4. The van der Waals surface area contributed by atoms with Gasteiger partial charge in [-0.15, -0.1) is 0 Å². The maximum atomic E-state index is 2.35. The van der Waals surface area contributed by atoms with E-state index in [0.29, 0.717) is 0 Å². The Bertz CT molecular complexity index is 1580. The summed E-state index contributed by atoms with van der Waals surface area (Å²) in [6, 6.07) is 31.2. The second kappa shape index (κ2) is 13.6. The topological polar surface area (TPSA) is 0 Å². The van der Waals surface area contributed by atoms with Gasteiger partial charge >= 0.3 is 0 Å². The zero-order valence-corrected chi connectivity index (χ0v) is 24.4. The molecule has 0 aliphatic carbocycles. The summed E-state index contributed by atoms with van der Waals surface area (Å²) in [5, 5.41) is 5.18. The second-order valence-corrected chi connectivity index (χ2v) is 8.95. The van der Waals surface area contributed by atoms with E-state index in [1.807, 2.05) is 27.7 Å². The number of hydrogen-bond donors (Lipinski definition) is 0. The standard InChI is InChI=1S/C34H30.2C2H6/c1-5-12-25-21-33(29(13-6-2)24(4)23(25)3)26-15-11-16-27(20-26)34-22-28-14-7-8-17-30(28)31-18-9-10-19-32(31)34;2*1-2/h5-22H,1-4H3;2*1-2H3/b12-5-,13-6-;;. The lowest BCUT2D eigenvalue weighted by atomic mass is 9.87. The summed E-state index contributed by atoms with van der Waals surface area (Å²) in [4.78, 5) is 0. The maximum Gasteiger partial charge on any atom is -0.00988 e. The van der Waals surface area contributed by atoms with E-state index in [0.717, 1.165) is 0 Å². The van der Waals surface area contributed by atoms with Crippen molar-refractivity contribution in [2.45, 2.75) is 55.4 Å². The van der Waals surface area contributed by atoms with Gasteiger partial charge in [0, 0.05) is 0 Å². The highest BCUT2D eigenvalue weighted by Gasteiger charge is 2.13. The molecule has 0 fully saturated rings. The number of hydrogen-bond acceptors (Lipinski definition) is 0. The van der Waals surface area contributed by atoms with Gasteiger partial charge in [-0.05, 0) is 112 Å². The monoisotopic (exact) mass is 498 g/mol. The molecule has 0 unspecified atom stereocenters. The van der Waals surface area contributed by atoms with E-state index in [4.69, 9.17) is 0 Å². The van der Waals surface area contributed by atoms with Crippen LogP contribution in [0.3, 0.4) is 0 Å². The third-order valence-corrected chi connectivity index (χ3v) is 6.92. The van der Waals surface area contributed by atoms with Crippen LogP contribution >= 0.6 is 0 Å². The minimum absolute atomic E-state index is 1.25. The summed E-state index contributed by atoms with van der Waals surface area (Å²) in [7, 11) is 0. The van der Waals surface area contributed by atoms with Crippen LogP contribution < -0.4 is 0 Å². The van der Waals surface area contributed by atoms with Gasteiger partial charge in [0.1, 0.15) is 0 Å². The maximum absolute atomic E-state index is 2.35. The van der Waals surface area contributed by atoms with Crippen molar-refractivity contribution in [3.8, 4) is 22.3 Å². The van der Waals surface area contributed by atoms with E-state index in [1.165, 1.54) is 66.1 Å². The van der Waals surface area contributed by atoms with Gasteiger partial charge in [0.15, 0.2) is 0 Å². The Morgan fingerprint density at radius 2 is 1.08 bits per heavy atom. The molecule has 0 amide bonds. The fraction of sp³-hybridized carbons (Fsp3) is 0.211. The molecule has 0 aliphatic heterocycles. The summed E-state index contributed by atoms with van der Waals surface area (Å²) in [6.07, 6.45) is 8.72. The molecule has 5 aromatic carbocycles. The minimum Gasteiger partial charge on any atom is -0.0871 e. The second-order valence-electron chi connectivity index (χ2n) is 8.95. The van der Waals surface area contributed by atoms with Gasteiger partial charge in [0.05, 0.1) is 0 Å². The zero-order chi connectivity index (χ0) is 27.7. The molecule has 0 bridgehead atoms. The Kier molecular flexibility index (Phi) is 10.3. The highest BCUT2D eigenvalue weighted by molar-refractivity contribution is 6.13. The van der Waals surface area contributed by atoms with Crippen LogP contribution in [0.5, 0.6) is 0 Å². The van der Waals surface area contributed by atoms with E-state index in [-0.39, 0.29) is 0 Å². The summed E-state index contributed by atoms with van der Waals surface area (Å²) in [5.41, 5.74) is 10.3. The fourth-order valence-corrected chi connectivity index (χ4v) is 5.08. The van der Waals surface area contributed by atoms with Crippen LogP contribution in [-0.4, -0.2) is 0 Å². The van der Waals surface area contributed by atoms with E-state index >= 15 is 0 Å². The van der Waals surface area contributed by atoms with Crippen molar-refractivity contribution >= 4 is 33.7 Å². The number of rotatable bonds is 4. The quantitative estimate of drug-likeness (QED) is 0.216. The van der Waals surface area contributed by atoms with Gasteiger partial charge in [-0.2, -0.15) is 0 Å². The van der Waals surface area contributed by atoms with Crippen LogP contribution in [0, 0.1) is 13.8 Å². The van der Waals surface area contributed by atoms with Crippen molar-refractivity contribution in [3.63, 3.8) is 0 Å². The molecule has 5 aromatic rings. The third kappa shape index (κ3) is 5.65. The molecule has 0 aromatic heterocycles. The normalized spacial score (nSPS) is 10.9. The number of allylic oxidation sites excluding steroid dienone is 2. The molecule has 0 spiro atoms. The molecule has 0 N–H and O–H groups in total. The molecule has 0 aliphatic rings. The summed E-state index contributed by atoms with van der Waals surface area (Å²) in [5.74, 6) is 0. The Morgan fingerprint density at radius 3 is 1.74 bits per heavy atom. The van der Waals surface area contributed by atoms with Crippen molar-refractivity contribution < 1.29 is 0 Å². The van der Waals surface area contributed by atoms with Gasteiger partial charge < -0.3 is 0 Å². The summed E-state index contributed by atoms with van der Waals surface area (Å²) >= 11 is 0. The number of benzene rings is 5. The summed E-state index contributed by atoms with van der Waals surface area (Å²) < 4.78 is 0. The molecule has 0 radical (unpaired) electrons. The molecule has 0 heteroatoms. The molecule has 194 valence electrons. The van der Waals surface area contributed by atoms with E-state index in [2.05, 4.69) is 137 Å². The first-order chi connectivity index (χ1) is 18.6. The Morgan fingerprint density at radius 1 is 0.500 bits per heavy atom. The lowest BCUT2D eigenvalue weighted by Crippen LogP contribution is -1.95. The van der Waals surface area contributed by atoms with Crippen LogP contribution in [0.1, 0.15) is 63.8 Å². The average Bonchev–Trinajstić information content (AvgIpc) is 2.98. The Balaban J connectivity index is 0.000000956. The van der Waals surface area contributed by atoms with Crippen molar-refractivity contribution in [1.29, 1.82) is 0 Å². The predicted molar refractivity (Wildman–Crippen MR) is 174 cm³/mol. The smallest absolute Gasteiger partial charge is 0.00988 e. The van der Waals surface area contributed by atoms with Gasteiger partial charge in [-0.25, -0.2) is 0 Å². The van der Waals surface area contributed by atoms with E-state index in [1.54, 1.807) is 0 Å². The largest absolute Gasteiger partial charge is 0.0871 e. The van der Waals surface area contributed by atoms with Gasteiger partial charge in [-0.3, -0.25) is 0 Å². The van der Waals surface area contributed by atoms with Gasteiger partial charge in [0.2, 0.25) is 0 Å². The van der Waals surface area contributed by atoms with Gasteiger partial charge in [0.25, 0.3) is 0 Å². The minimum atomic E-state index is 1.25. The molecular weight excluding hydrogens is 456 g/mol. The molecule has 0 heterocycles. The van der Waals surface area contributed by atoms with Crippen LogP contribution in [-0.2, 0) is 0 Å². The first kappa shape index (κ1) is 28.7. The Labute approximate surface area is 230 Å². The van der Waals surface area contributed by atoms with E-state index < -0.39 is 0 Å². The van der Waals surface area contributed by atoms with Crippen molar-refractivity contribution in [2.24, 2.45) is 0 Å². The molecule has 0 saturated carbocycles. The average molecular weight is 499 g/mol. The van der Waals surface area contributed by atoms with Crippen molar-refractivity contribution in [1.82, 2.24) is 0 Å². The molecule has 5 rings (SSSR count). The fourth-order valence-electron chi connectivity index (χ4n) is 5.08. The SMILES string of the molecule is C/C=C\c1cc(-c2cccc(-c3cc4ccccc4c4ccccc34)c2)c(/C=C\C)c(C)c1C.CC.CC. The molecule has 0 atom stereocenters. The van der Waals surface area contributed by atoms with Crippen LogP contribution in [0.15, 0.2) is 97.1 Å². The lowest BCUT2D eigenvalue weighted by molar-refractivity contribution is 1.31. The van der Waals surface area contributed by atoms with E-state index in [9.17, 15) is 0 Å². The molecular formula is C38H42. The predicted octanol–water partition coefficient (Wildman–Crippen LogP) is 12.1. The lowest BCUT2D eigenvalue weighted by Gasteiger charge is -2.17. The summed E-state index contributed by atoms with van der Waals surface area (Å²) in [6.45, 7) is 16.6. The van der Waals surface area contributed by atoms with Gasteiger partial charge in [-0.1, -0.05) is 119 Å². The highest BCUT2D eigenvalue weighted by atomic mass is 14.2. The molecule has 38 heavy (non-hydrogen) atoms. The molecule has 0 saturated heterocycles. The van der Waals surface area contributed by atoms with Crippen LogP contribution in [0.25, 0.3) is 56.0 Å². The Hall–Kier alpha value is -3.90. The number of fused-ring (bicyclic) bond motifs is 3. The van der Waals surface area contributed by atoms with Crippen molar-refractivity contribution in [2.75, 3.05) is 0 Å². The first-order valence-corrected chi connectivity index (χ1v) is 14.0. The highest BCUT2D eigenvalue weighted by Crippen LogP contribution is 2.38. The first-order valence-electron chi connectivity index (χ1n) is 14.0. The van der Waals surface area contributed by atoms with Crippen LogP contribution in [0.2, 0.25) is 0 Å². The third-order valence-electron chi connectivity index (χ3n) is 6.92. The van der Waals surface area contributed by atoms with Crippen molar-refractivity contribution in [3.05, 3.63) is 119 Å².